The van der Waals surface area contributed by atoms with Gasteiger partial charge in [0.15, 0.2) is 0 Å². The molecule has 1 saturated carbocycles. The summed E-state index contributed by atoms with van der Waals surface area (Å²) in [5.74, 6) is 0.920. The fraction of sp³-hybridized carbons (Fsp3) is 0.538. The summed E-state index contributed by atoms with van der Waals surface area (Å²) in [4.78, 5) is 0.318. The van der Waals surface area contributed by atoms with Gasteiger partial charge in [0.05, 0.1) is 5.69 Å². The molecule has 5 heteroatoms. The predicted octanol–water partition coefficient (Wildman–Crippen LogP) is 2.20. The lowest BCUT2D eigenvalue weighted by atomic mass is 10.2. The second-order valence-corrected chi connectivity index (χ2v) is 6.57. The summed E-state index contributed by atoms with van der Waals surface area (Å²) >= 11 is 0. The molecule has 1 aromatic rings. The number of benzene rings is 1. The molecule has 0 heterocycles. The number of hydrogen-bond acceptors (Lipinski definition) is 3. The van der Waals surface area contributed by atoms with Crippen molar-refractivity contribution in [2.45, 2.75) is 30.6 Å². The van der Waals surface area contributed by atoms with E-state index in [1.165, 1.54) is 26.3 Å². The Bertz CT molecular complexity index is 495. The molecule has 0 unspecified atom stereocenters. The highest BCUT2D eigenvalue weighted by atomic mass is 32.2. The zero-order valence-corrected chi connectivity index (χ0v) is 11.5. The lowest BCUT2D eigenvalue weighted by Gasteiger charge is -2.11. The van der Waals surface area contributed by atoms with Gasteiger partial charge in [0.1, 0.15) is 4.90 Å². The molecule has 2 rings (SSSR count). The van der Waals surface area contributed by atoms with E-state index < -0.39 is 10.0 Å². The van der Waals surface area contributed by atoms with Crippen LogP contribution in [-0.2, 0) is 10.0 Å². The van der Waals surface area contributed by atoms with Gasteiger partial charge in [-0.3, -0.25) is 0 Å². The highest BCUT2D eigenvalue weighted by molar-refractivity contribution is 7.89. The van der Waals surface area contributed by atoms with Crippen molar-refractivity contribution in [3.05, 3.63) is 24.3 Å². The van der Waals surface area contributed by atoms with Gasteiger partial charge in [0, 0.05) is 6.54 Å². The van der Waals surface area contributed by atoms with Crippen LogP contribution in [0.25, 0.3) is 0 Å². The maximum Gasteiger partial charge on any atom is 0.242 e. The van der Waals surface area contributed by atoms with Gasteiger partial charge in [-0.1, -0.05) is 25.0 Å². The molecule has 0 radical (unpaired) electrons. The van der Waals surface area contributed by atoms with Gasteiger partial charge in [-0.05, 0) is 37.9 Å². The number of hydrogen-bond donors (Lipinski definition) is 2. The first-order valence-corrected chi connectivity index (χ1v) is 7.88. The zero-order chi connectivity index (χ0) is 13.0. The van der Waals surface area contributed by atoms with E-state index in [-0.39, 0.29) is 0 Å². The topological polar surface area (TPSA) is 58.2 Å². The Labute approximate surface area is 109 Å². The molecule has 1 aliphatic rings. The third-order valence-electron chi connectivity index (χ3n) is 3.25. The highest BCUT2D eigenvalue weighted by Crippen LogP contribution is 2.33. The number of nitrogens with one attached hydrogen (secondary N) is 2. The first-order valence-electron chi connectivity index (χ1n) is 6.40. The largest absolute Gasteiger partial charge is 0.384 e. The lowest BCUT2D eigenvalue weighted by molar-refractivity contribution is 0.588. The second kappa shape index (κ2) is 5.71. The van der Waals surface area contributed by atoms with Crippen molar-refractivity contribution < 1.29 is 8.42 Å². The third-order valence-corrected chi connectivity index (χ3v) is 4.72. The number of anilines is 1. The van der Waals surface area contributed by atoms with Crippen LogP contribution in [0.2, 0.25) is 0 Å². The van der Waals surface area contributed by atoms with Gasteiger partial charge in [0.25, 0.3) is 0 Å². The summed E-state index contributed by atoms with van der Waals surface area (Å²) < 4.78 is 26.0. The van der Waals surface area contributed by atoms with Gasteiger partial charge >= 0.3 is 0 Å². The Morgan fingerprint density at radius 1 is 1.28 bits per heavy atom. The Morgan fingerprint density at radius 3 is 2.67 bits per heavy atom. The summed E-state index contributed by atoms with van der Waals surface area (Å²) in [5, 5.41) is 3.22. The minimum Gasteiger partial charge on any atom is -0.384 e. The van der Waals surface area contributed by atoms with Crippen molar-refractivity contribution in [1.29, 1.82) is 0 Å². The highest BCUT2D eigenvalue weighted by Gasteiger charge is 2.20. The SMILES string of the molecule is CNS(=O)(=O)c1ccccc1NCCCC1CC1. The fourth-order valence-corrected chi connectivity index (χ4v) is 2.88. The molecule has 1 aliphatic carbocycles. The fourth-order valence-electron chi connectivity index (χ4n) is 1.98. The predicted molar refractivity (Wildman–Crippen MR) is 73.1 cm³/mol. The van der Waals surface area contributed by atoms with Crippen molar-refractivity contribution in [3.8, 4) is 0 Å². The van der Waals surface area contributed by atoms with Crippen molar-refractivity contribution in [1.82, 2.24) is 4.72 Å². The molecular weight excluding hydrogens is 248 g/mol. The van der Waals surface area contributed by atoms with Gasteiger partial charge in [0.2, 0.25) is 10.0 Å². The Hall–Kier alpha value is -1.07. The Balaban J connectivity index is 1.98. The average Bonchev–Trinajstić information content (AvgIpc) is 3.19. The normalized spacial score (nSPS) is 15.6. The maximum absolute atomic E-state index is 11.8. The molecule has 0 atom stereocenters. The van der Waals surface area contributed by atoms with Crippen molar-refractivity contribution in [2.75, 3.05) is 18.9 Å². The van der Waals surface area contributed by atoms with Gasteiger partial charge in [-0.25, -0.2) is 13.1 Å². The van der Waals surface area contributed by atoms with Crippen LogP contribution in [0.4, 0.5) is 5.69 Å². The molecule has 0 saturated heterocycles. The molecule has 0 spiro atoms. The van der Waals surface area contributed by atoms with E-state index in [1.54, 1.807) is 18.2 Å². The number of sulfonamides is 1. The van der Waals surface area contributed by atoms with E-state index in [9.17, 15) is 8.42 Å². The summed E-state index contributed by atoms with van der Waals surface area (Å²) in [7, 11) is -1.95. The monoisotopic (exact) mass is 268 g/mol. The quantitative estimate of drug-likeness (QED) is 0.745. The maximum atomic E-state index is 11.8. The van der Waals surface area contributed by atoms with Gasteiger partial charge in [-0.2, -0.15) is 0 Å². The van der Waals surface area contributed by atoms with E-state index in [2.05, 4.69) is 10.0 Å². The van der Waals surface area contributed by atoms with E-state index in [0.717, 1.165) is 18.9 Å². The van der Waals surface area contributed by atoms with E-state index in [4.69, 9.17) is 0 Å². The van der Waals surface area contributed by atoms with Crippen molar-refractivity contribution >= 4 is 15.7 Å². The van der Waals surface area contributed by atoms with Crippen LogP contribution in [0.15, 0.2) is 29.2 Å². The van der Waals surface area contributed by atoms with Crippen LogP contribution in [0.5, 0.6) is 0 Å². The summed E-state index contributed by atoms with van der Waals surface area (Å²) in [6, 6.07) is 7.01. The number of rotatable bonds is 7. The molecule has 0 bridgehead atoms. The van der Waals surface area contributed by atoms with Gasteiger partial charge < -0.3 is 5.32 Å². The average molecular weight is 268 g/mol. The molecule has 100 valence electrons. The standard InChI is InChI=1S/C13H20N2O2S/c1-14-18(16,17)13-7-3-2-6-12(13)15-10-4-5-11-8-9-11/h2-3,6-7,11,14-15H,4-5,8-10H2,1H3. The molecule has 18 heavy (non-hydrogen) atoms. The van der Waals surface area contributed by atoms with Crippen molar-refractivity contribution in [3.63, 3.8) is 0 Å². The smallest absolute Gasteiger partial charge is 0.242 e. The summed E-state index contributed by atoms with van der Waals surface area (Å²) in [6.07, 6.45) is 5.07. The minimum absolute atomic E-state index is 0.318. The summed E-state index contributed by atoms with van der Waals surface area (Å²) in [5.41, 5.74) is 0.683. The first kappa shape index (κ1) is 13.4. The molecule has 0 aromatic heterocycles. The van der Waals surface area contributed by atoms with Crippen LogP contribution >= 0.6 is 0 Å². The Kier molecular flexibility index (Phi) is 4.24. The minimum atomic E-state index is -3.38. The van der Waals surface area contributed by atoms with Crippen LogP contribution in [0.1, 0.15) is 25.7 Å². The lowest BCUT2D eigenvalue weighted by Crippen LogP contribution is -2.20. The van der Waals surface area contributed by atoms with E-state index in [0.29, 0.717) is 10.6 Å². The summed E-state index contributed by atoms with van der Waals surface area (Å²) in [6.45, 7) is 0.826. The first-order chi connectivity index (χ1) is 8.63. The molecule has 2 N–H and O–H groups in total. The zero-order valence-electron chi connectivity index (χ0n) is 10.6. The molecule has 1 fully saturated rings. The van der Waals surface area contributed by atoms with Crippen LogP contribution in [-0.4, -0.2) is 22.0 Å². The van der Waals surface area contributed by atoms with Crippen molar-refractivity contribution in [2.24, 2.45) is 5.92 Å². The van der Waals surface area contributed by atoms with Crippen LogP contribution in [0.3, 0.4) is 0 Å². The third kappa shape index (κ3) is 3.46. The van der Waals surface area contributed by atoms with E-state index >= 15 is 0 Å². The van der Waals surface area contributed by atoms with E-state index in [1.807, 2.05) is 6.07 Å². The Morgan fingerprint density at radius 2 is 2.00 bits per heavy atom. The molecule has 1 aromatic carbocycles. The van der Waals surface area contributed by atoms with Gasteiger partial charge in [-0.15, -0.1) is 0 Å². The molecule has 0 aliphatic heterocycles. The van der Waals surface area contributed by atoms with Crippen LogP contribution in [0, 0.1) is 5.92 Å². The van der Waals surface area contributed by atoms with Crippen LogP contribution < -0.4 is 10.0 Å². The number of para-hydroxylation sites is 1. The molecule has 4 nitrogen and oxygen atoms in total. The second-order valence-electron chi connectivity index (χ2n) is 4.72. The molecule has 0 amide bonds. The molecular formula is C13H20N2O2S.